The number of aryl methyl sites for hydroxylation is 1. The monoisotopic (exact) mass is 285 g/mol. The van der Waals surface area contributed by atoms with Crippen LogP contribution in [-0.4, -0.2) is 16.4 Å². The van der Waals surface area contributed by atoms with E-state index in [0.29, 0.717) is 17.8 Å². The number of amides is 2. The van der Waals surface area contributed by atoms with Gasteiger partial charge >= 0.3 is 0 Å². The first-order chi connectivity index (χ1) is 10.1. The minimum atomic E-state index is -0.134. The van der Waals surface area contributed by atoms with E-state index in [4.69, 9.17) is 0 Å². The summed E-state index contributed by atoms with van der Waals surface area (Å²) < 4.78 is 2.05. The third-order valence-electron chi connectivity index (χ3n) is 2.95. The lowest BCUT2D eigenvalue weighted by molar-refractivity contribution is -0.116. The Morgan fingerprint density at radius 1 is 1.05 bits per heavy atom. The quantitative estimate of drug-likeness (QED) is 0.857. The van der Waals surface area contributed by atoms with Crippen LogP contribution in [0.2, 0.25) is 0 Å². The van der Waals surface area contributed by atoms with Crippen LogP contribution >= 0.6 is 0 Å². The number of rotatable bonds is 6. The Labute approximate surface area is 124 Å². The lowest BCUT2D eigenvalue weighted by Crippen LogP contribution is -2.13. The Morgan fingerprint density at radius 3 is 2.38 bits per heavy atom. The molecule has 2 aromatic rings. The summed E-state index contributed by atoms with van der Waals surface area (Å²) in [6.07, 6.45) is 5.21. The van der Waals surface area contributed by atoms with Crippen molar-refractivity contribution in [1.82, 2.24) is 4.57 Å². The van der Waals surface area contributed by atoms with Crippen molar-refractivity contribution in [2.45, 2.75) is 26.3 Å². The van der Waals surface area contributed by atoms with E-state index >= 15 is 0 Å². The molecule has 0 fully saturated rings. The van der Waals surface area contributed by atoms with Gasteiger partial charge in [-0.3, -0.25) is 9.59 Å². The molecule has 0 atom stereocenters. The smallest absolute Gasteiger partial charge is 0.224 e. The summed E-state index contributed by atoms with van der Waals surface area (Å²) in [5.41, 5.74) is 1.36. The molecule has 0 saturated carbocycles. The van der Waals surface area contributed by atoms with Gasteiger partial charge in [0.2, 0.25) is 11.8 Å². The van der Waals surface area contributed by atoms with Crippen LogP contribution in [0, 0.1) is 0 Å². The zero-order chi connectivity index (χ0) is 15.1. The van der Waals surface area contributed by atoms with E-state index in [2.05, 4.69) is 10.6 Å². The molecule has 1 heterocycles. The SMILES string of the molecule is CC(=O)Nc1cccc(NC(=O)CCCn2cccc2)c1. The summed E-state index contributed by atoms with van der Waals surface area (Å²) >= 11 is 0. The first-order valence-corrected chi connectivity index (χ1v) is 6.92. The van der Waals surface area contributed by atoms with Gasteiger partial charge < -0.3 is 15.2 Å². The number of carbonyl (C=O) groups is 2. The van der Waals surface area contributed by atoms with Crippen molar-refractivity contribution in [3.8, 4) is 0 Å². The average Bonchev–Trinajstić information content (AvgIpc) is 2.91. The van der Waals surface area contributed by atoms with Gasteiger partial charge in [-0.05, 0) is 36.8 Å². The minimum Gasteiger partial charge on any atom is -0.354 e. The summed E-state index contributed by atoms with van der Waals surface area (Å²) in [5, 5.41) is 5.52. The van der Waals surface area contributed by atoms with Gasteiger partial charge in [-0.25, -0.2) is 0 Å². The number of carbonyl (C=O) groups excluding carboxylic acids is 2. The molecular weight excluding hydrogens is 266 g/mol. The highest BCUT2D eigenvalue weighted by atomic mass is 16.2. The molecule has 0 aliphatic carbocycles. The number of anilines is 2. The van der Waals surface area contributed by atoms with Gasteiger partial charge in [0.15, 0.2) is 0 Å². The summed E-state index contributed by atoms with van der Waals surface area (Å²) in [7, 11) is 0. The van der Waals surface area contributed by atoms with Gasteiger partial charge in [0, 0.05) is 43.7 Å². The summed E-state index contributed by atoms with van der Waals surface area (Å²) in [6.45, 7) is 2.28. The van der Waals surface area contributed by atoms with Gasteiger partial charge in [-0.2, -0.15) is 0 Å². The van der Waals surface area contributed by atoms with E-state index in [1.807, 2.05) is 29.1 Å². The van der Waals surface area contributed by atoms with Crippen LogP contribution in [0.5, 0.6) is 0 Å². The molecule has 1 aromatic carbocycles. The molecule has 0 unspecified atom stereocenters. The van der Waals surface area contributed by atoms with Crippen LogP contribution in [0.25, 0.3) is 0 Å². The topological polar surface area (TPSA) is 63.1 Å². The summed E-state index contributed by atoms with van der Waals surface area (Å²) in [5.74, 6) is -0.160. The number of hydrogen-bond donors (Lipinski definition) is 2. The third-order valence-corrected chi connectivity index (χ3v) is 2.95. The highest BCUT2D eigenvalue weighted by Crippen LogP contribution is 2.15. The standard InChI is InChI=1S/C16H19N3O2/c1-13(20)17-14-6-4-7-15(12-14)18-16(21)8-5-11-19-9-2-3-10-19/h2-4,6-7,9-10,12H,5,8,11H2,1H3,(H,17,20)(H,18,21). The second-order valence-electron chi connectivity index (χ2n) is 4.83. The van der Waals surface area contributed by atoms with Crippen molar-refractivity contribution in [2.24, 2.45) is 0 Å². The van der Waals surface area contributed by atoms with Crippen molar-refractivity contribution in [1.29, 1.82) is 0 Å². The Morgan fingerprint density at radius 2 is 1.71 bits per heavy atom. The largest absolute Gasteiger partial charge is 0.354 e. The maximum absolute atomic E-state index is 11.9. The molecule has 0 aliphatic rings. The fourth-order valence-electron chi connectivity index (χ4n) is 2.04. The number of hydrogen-bond acceptors (Lipinski definition) is 2. The Bertz CT molecular complexity index is 606. The normalized spacial score (nSPS) is 10.1. The Hall–Kier alpha value is -2.56. The molecule has 0 radical (unpaired) electrons. The van der Waals surface area contributed by atoms with Crippen molar-refractivity contribution in [2.75, 3.05) is 10.6 Å². The van der Waals surface area contributed by atoms with Crippen LogP contribution < -0.4 is 10.6 Å². The van der Waals surface area contributed by atoms with E-state index in [0.717, 1.165) is 13.0 Å². The predicted octanol–water partition coefficient (Wildman–Crippen LogP) is 2.87. The molecule has 1 aromatic heterocycles. The molecule has 110 valence electrons. The van der Waals surface area contributed by atoms with Gasteiger partial charge in [-0.1, -0.05) is 6.07 Å². The predicted molar refractivity (Wildman–Crippen MR) is 83.0 cm³/mol. The second-order valence-corrected chi connectivity index (χ2v) is 4.83. The lowest BCUT2D eigenvalue weighted by atomic mass is 10.2. The van der Waals surface area contributed by atoms with E-state index in [9.17, 15) is 9.59 Å². The van der Waals surface area contributed by atoms with Crippen molar-refractivity contribution in [3.63, 3.8) is 0 Å². The van der Waals surface area contributed by atoms with E-state index in [-0.39, 0.29) is 11.8 Å². The molecule has 2 N–H and O–H groups in total. The van der Waals surface area contributed by atoms with Crippen molar-refractivity contribution >= 4 is 23.2 Å². The maximum atomic E-state index is 11.9. The van der Waals surface area contributed by atoms with Crippen LogP contribution in [-0.2, 0) is 16.1 Å². The van der Waals surface area contributed by atoms with Crippen LogP contribution in [0.4, 0.5) is 11.4 Å². The molecule has 0 saturated heterocycles. The number of benzene rings is 1. The van der Waals surface area contributed by atoms with Gasteiger partial charge in [0.1, 0.15) is 0 Å². The molecule has 21 heavy (non-hydrogen) atoms. The molecule has 0 spiro atoms. The highest BCUT2D eigenvalue weighted by molar-refractivity contribution is 5.93. The average molecular weight is 285 g/mol. The second kappa shape index (κ2) is 7.28. The zero-order valence-corrected chi connectivity index (χ0v) is 12.0. The molecule has 0 aliphatic heterocycles. The third kappa shape index (κ3) is 5.14. The van der Waals surface area contributed by atoms with E-state index in [1.54, 1.807) is 24.3 Å². The van der Waals surface area contributed by atoms with Gasteiger partial charge in [0.05, 0.1) is 0 Å². The van der Waals surface area contributed by atoms with Crippen LogP contribution in [0.3, 0.4) is 0 Å². The van der Waals surface area contributed by atoms with Crippen molar-refractivity contribution < 1.29 is 9.59 Å². The Kier molecular flexibility index (Phi) is 5.15. The zero-order valence-electron chi connectivity index (χ0n) is 12.0. The van der Waals surface area contributed by atoms with E-state index < -0.39 is 0 Å². The summed E-state index contributed by atoms with van der Waals surface area (Å²) in [6, 6.07) is 11.0. The Balaban J connectivity index is 1.80. The van der Waals surface area contributed by atoms with Gasteiger partial charge in [0.25, 0.3) is 0 Å². The number of nitrogens with zero attached hydrogens (tertiary/aromatic N) is 1. The maximum Gasteiger partial charge on any atom is 0.224 e. The number of nitrogens with one attached hydrogen (secondary N) is 2. The molecule has 0 bridgehead atoms. The van der Waals surface area contributed by atoms with Crippen molar-refractivity contribution in [3.05, 3.63) is 48.8 Å². The fourth-order valence-corrected chi connectivity index (χ4v) is 2.04. The minimum absolute atomic E-state index is 0.0258. The van der Waals surface area contributed by atoms with Crippen LogP contribution in [0.1, 0.15) is 19.8 Å². The first-order valence-electron chi connectivity index (χ1n) is 6.92. The fraction of sp³-hybridized carbons (Fsp3) is 0.250. The molecule has 2 rings (SSSR count). The highest BCUT2D eigenvalue weighted by Gasteiger charge is 2.03. The summed E-state index contributed by atoms with van der Waals surface area (Å²) in [4.78, 5) is 22.9. The number of aromatic nitrogens is 1. The van der Waals surface area contributed by atoms with Gasteiger partial charge in [-0.15, -0.1) is 0 Å². The van der Waals surface area contributed by atoms with Crippen LogP contribution in [0.15, 0.2) is 48.8 Å². The van der Waals surface area contributed by atoms with E-state index in [1.165, 1.54) is 6.92 Å². The molecule has 2 amide bonds. The lowest BCUT2D eigenvalue weighted by Gasteiger charge is -2.08. The molecule has 5 nitrogen and oxygen atoms in total. The molecular formula is C16H19N3O2. The first kappa shape index (κ1) is 14.8. The molecule has 5 heteroatoms.